The third kappa shape index (κ3) is 44.2. The summed E-state index contributed by atoms with van der Waals surface area (Å²) in [5, 5.41) is 68.1. The molecule has 0 saturated carbocycles. The van der Waals surface area contributed by atoms with Gasteiger partial charge in [-0.15, -0.1) is 11.6 Å². The van der Waals surface area contributed by atoms with Crippen LogP contribution in [0.4, 0.5) is 0 Å². The van der Waals surface area contributed by atoms with Crippen LogP contribution < -0.4 is 42.5 Å². The summed E-state index contributed by atoms with van der Waals surface area (Å²) in [5.74, 6) is -2.94. The number of aliphatic hydroxyl groups is 4. The molecule has 0 aromatic carbocycles. The first-order valence-electron chi connectivity index (χ1n) is 41.4. The van der Waals surface area contributed by atoms with Crippen molar-refractivity contribution < 1.29 is 120 Å². The molecule has 6 saturated heterocycles. The third-order valence-electron chi connectivity index (χ3n) is 19.9. The van der Waals surface area contributed by atoms with Gasteiger partial charge >= 0.3 is 5.97 Å². The highest BCUT2D eigenvalue weighted by Gasteiger charge is 2.50. The zero-order valence-corrected chi connectivity index (χ0v) is 77.2. The van der Waals surface area contributed by atoms with Gasteiger partial charge in [0, 0.05) is 146 Å². The Morgan fingerprint density at radius 1 is 0.444 bits per heavy atom. The topological polar surface area (TPSA) is 462 Å². The minimum atomic E-state index is -1.18. The Morgan fingerprint density at radius 2 is 0.734 bits per heavy atom. The Morgan fingerprint density at radius 3 is 0.992 bits per heavy atom. The van der Waals surface area contributed by atoms with Crippen LogP contribution >= 0.6 is 20.0 Å². The molecule has 706 valence electrons. The Hall–Kier alpha value is -4.83. The highest BCUT2D eigenvalue weighted by Crippen LogP contribution is 2.42. The van der Waals surface area contributed by atoms with Gasteiger partial charge in [-0.1, -0.05) is 105 Å². The number of hydrogen-bond acceptors (Lipinski definition) is 27. The van der Waals surface area contributed by atoms with Crippen molar-refractivity contribution in [3.63, 3.8) is 0 Å². The average molecular weight is 1800 g/mol. The van der Waals surface area contributed by atoms with Crippen LogP contribution in [0, 0.1) is 41.6 Å². The summed E-state index contributed by atoms with van der Waals surface area (Å²) < 4.78 is 71.8. The maximum Gasteiger partial charge on any atom is 0.306 e. The monoisotopic (exact) mass is 1800 g/mol. The fourth-order valence-electron chi connectivity index (χ4n) is 13.2. The standard InChI is InChI=1S/C15H25BN2O6.C14H24BN2O5P.2C10H18BNO4.2C10H18BNO3.C6H15N.C3H4ClN.3CH4/c1-5-9-12(24-11(20)7-6-10(19)17-3)13(14(16)23-9)22-8(2)15(21)18-4;1-6-10-11(22-23(5)19-8-7-16-3)12(13(15)21-10)20-9(2)14(18)17-4;2*1-4-6-7(13)8(9(11)16-6)15-5(2)10(14)12-3;2*1-4-6-8(13)7(9(11)15-6)5(2)10(14)12-3;1-5(2)7-6(3)4;4-2-1-3-5;;;/h8-9,12-14H,5-7H2,1-4H3,(H,17,19)(H,18,21);9-13H,6-8H2,1-2,4-5H3,(H,17,18);2*5-9,13H,4H2,1-3H3,(H,12,14);2*5-9,13H,4H2,1-3H3,(H,12,14);5-7H,1-4H3;1-2H2;3*1H4/t8?,9-,12?,13+,14-;9?,10-,11?,12+,13-,23?;2*5?,6-,7?,8+,9-;5-,6+,7-,8?,9+;5-,6-,7+,8?,9-;;;;;/m111101...../s1. The van der Waals surface area contributed by atoms with Gasteiger partial charge < -0.3 is 129 Å². The predicted octanol–water partition coefficient (Wildman–Crippen LogP) is 2.40. The number of nitrogens with zero attached hydrogens (tertiary/aromatic N) is 2. The fourth-order valence-corrected chi connectivity index (χ4v) is 14.3. The number of ether oxygens (including phenoxy) is 11. The lowest BCUT2D eigenvalue weighted by Gasteiger charge is -2.28. The number of halogens is 1. The molecule has 31 atom stereocenters. The second kappa shape index (κ2) is 69.1. The van der Waals surface area contributed by atoms with E-state index in [2.05, 4.69) is 75.1 Å². The van der Waals surface area contributed by atoms with E-state index in [1.165, 1.54) is 28.2 Å². The second-order valence-corrected chi connectivity index (χ2v) is 31.3. The van der Waals surface area contributed by atoms with Crippen LogP contribution in [0.25, 0.3) is 4.85 Å². The SMILES string of the molecule is C.C.C.CC(C)NC(C)C.N#CCCCl.[B][C@@H]1O[C@H](CC)C(O)[C@@H]1OC(C)C(=O)NC.[B][C@@H]1O[C@H](CC)C(O)[C@@H]1OC(C)C(=O)NC.[B][C@@H]1O[C@H](CC)C(O)[C@@H]1[C@@H](C)C(=O)NC.[B][C@@H]1O[C@H](CC)C(O)[C@@H]1[C@H](C)C(=O)NC.[B][C@@H]1O[C@H](CC)C(OC(=O)CCC(=O)NC)[C@@H]1OC(C)C(=O)NC.[B][C@@H]1O[C@H](CC)C(OP(C)OCC[N+]#[C-])[C@@H]1OC(C)C(=O)NC. The van der Waals surface area contributed by atoms with E-state index in [9.17, 15) is 58.8 Å². The molecule has 0 aromatic heterocycles. The molecule has 43 heteroatoms. The van der Waals surface area contributed by atoms with Gasteiger partial charge in [0.1, 0.15) is 121 Å². The van der Waals surface area contributed by atoms with Gasteiger partial charge in [0.05, 0.1) is 61.3 Å². The number of rotatable bonds is 34. The molecule has 6 fully saturated rings. The molecule has 12 N–H and O–H groups in total. The number of nitrogens with one attached hydrogen (secondary N) is 8. The Balaban J connectivity index is -0.000000446. The molecule has 35 nitrogen and oxygen atoms in total. The first-order chi connectivity index (χ1) is 56.9. The van der Waals surface area contributed by atoms with Crippen LogP contribution in [0.15, 0.2) is 0 Å². The molecule has 11 unspecified atom stereocenters. The summed E-state index contributed by atoms with van der Waals surface area (Å²) in [7, 11) is 44.4. The highest BCUT2D eigenvalue weighted by atomic mass is 35.5. The summed E-state index contributed by atoms with van der Waals surface area (Å²) in [4.78, 5) is 95.1. The number of carbonyl (C=O) groups excluding carboxylic acids is 8. The number of carbonyl (C=O) groups is 8. The van der Waals surface area contributed by atoms with E-state index in [-0.39, 0.29) is 131 Å². The molecule has 12 radical (unpaired) electrons. The van der Waals surface area contributed by atoms with Crippen molar-refractivity contribution in [1.29, 1.82) is 5.26 Å². The van der Waals surface area contributed by atoms with Crippen molar-refractivity contribution in [2.75, 3.05) is 75.0 Å². The van der Waals surface area contributed by atoms with Crippen LogP contribution in [0.1, 0.15) is 191 Å². The van der Waals surface area contributed by atoms with Gasteiger partial charge in [-0.2, -0.15) is 5.26 Å². The van der Waals surface area contributed by atoms with Crippen LogP contribution in [0.3, 0.4) is 0 Å². The maximum atomic E-state index is 12.0. The number of esters is 1. The lowest BCUT2D eigenvalue weighted by molar-refractivity contribution is -0.162. The van der Waals surface area contributed by atoms with Crippen molar-refractivity contribution >= 4 is 114 Å². The zero-order valence-electron chi connectivity index (χ0n) is 75.5. The van der Waals surface area contributed by atoms with E-state index in [1.807, 2.05) is 54.3 Å². The number of likely N-dealkylation sites (N-methyl/N-ethyl adjacent to an activating group) is 4. The van der Waals surface area contributed by atoms with E-state index in [1.54, 1.807) is 62.7 Å². The highest BCUT2D eigenvalue weighted by molar-refractivity contribution is 7.46. The van der Waals surface area contributed by atoms with E-state index < -0.39 is 142 Å². The van der Waals surface area contributed by atoms with Gasteiger partial charge in [-0.05, 0) is 66.2 Å². The van der Waals surface area contributed by atoms with E-state index in [4.69, 9.17) is 132 Å². The minimum Gasteiger partial charge on any atom is -0.457 e. The molecule has 6 heterocycles. The Kier molecular flexibility index (Phi) is 71.2. The first kappa shape index (κ1) is 128. The molecule has 0 bridgehead atoms. The van der Waals surface area contributed by atoms with Crippen LogP contribution in [-0.4, -0.2) is 360 Å². The lowest BCUT2D eigenvalue weighted by Crippen LogP contribution is -2.44. The zero-order chi connectivity index (χ0) is 93.4. The van der Waals surface area contributed by atoms with Crippen LogP contribution in [0.5, 0.6) is 0 Å². The maximum absolute atomic E-state index is 12.0. The van der Waals surface area contributed by atoms with E-state index in [0.29, 0.717) is 76.1 Å². The van der Waals surface area contributed by atoms with Crippen molar-refractivity contribution in [3.8, 4) is 6.07 Å². The molecular formula is C81H152B6ClN10O25P. The molecule has 6 aliphatic heterocycles. The Labute approximate surface area is 755 Å². The van der Waals surface area contributed by atoms with Gasteiger partial charge in [0.15, 0.2) is 14.5 Å². The number of nitriles is 1. The Bertz CT molecular complexity index is 2940. The largest absolute Gasteiger partial charge is 0.457 e. The smallest absolute Gasteiger partial charge is 0.306 e. The predicted molar refractivity (Wildman–Crippen MR) is 482 cm³/mol. The van der Waals surface area contributed by atoms with Gasteiger partial charge in [0.25, 0.3) is 0 Å². The molecule has 0 spiro atoms. The fraction of sp³-hybridized carbons (Fsp3) is 0.877. The summed E-state index contributed by atoms with van der Waals surface area (Å²) in [6, 6.07) is -0.827. The molecular weight excluding hydrogens is 1640 g/mol. The summed E-state index contributed by atoms with van der Waals surface area (Å²) >= 11 is 5.08. The van der Waals surface area contributed by atoms with Gasteiger partial charge in [-0.3, -0.25) is 38.4 Å². The van der Waals surface area contributed by atoms with Crippen LogP contribution in [0.2, 0.25) is 0 Å². The summed E-state index contributed by atoms with van der Waals surface area (Å²) in [6.45, 7) is 39.2. The van der Waals surface area contributed by atoms with Crippen molar-refractivity contribution in [2.24, 2.45) is 23.7 Å². The number of alkyl halides is 1. The second-order valence-electron chi connectivity index (χ2n) is 29.6. The van der Waals surface area contributed by atoms with Crippen molar-refractivity contribution in [2.45, 2.75) is 361 Å². The van der Waals surface area contributed by atoms with E-state index in [0.717, 1.165) is 0 Å². The van der Waals surface area contributed by atoms with Crippen LogP contribution in [-0.2, 0) is 99.5 Å². The minimum absolute atomic E-state index is 0. The molecule has 6 rings (SSSR count). The molecule has 6 aliphatic rings. The van der Waals surface area contributed by atoms with E-state index >= 15 is 0 Å². The number of amides is 7. The summed E-state index contributed by atoms with van der Waals surface area (Å²) in [5.41, 5.74) is 0. The van der Waals surface area contributed by atoms with Gasteiger partial charge in [-0.25, -0.2) is 6.57 Å². The van der Waals surface area contributed by atoms with Gasteiger partial charge in [0.2, 0.25) is 47.9 Å². The normalized spacial score (nSPS) is 30.1. The molecule has 0 aliphatic carbocycles. The number of aliphatic hydroxyl groups excluding tert-OH is 4. The average Bonchev–Trinajstić information content (AvgIpc) is 1.70. The first-order valence-corrected chi connectivity index (χ1v) is 43.6. The molecule has 124 heavy (non-hydrogen) atoms. The molecule has 0 aromatic rings. The van der Waals surface area contributed by atoms with Crippen molar-refractivity contribution in [3.05, 3.63) is 11.4 Å². The lowest BCUT2D eigenvalue weighted by atomic mass is 9.76. The quantitative estimate of drug-likeness (QED) is 0.0110. The van der Waals surface area contributed by atoms with Crippen molar-refractivity contribution in [1.82, 2.24) is 42.5 Å². The third-order valence-corrected chi connectivity index (χ3v) is 21.2. The summed E-state index contributed by atoms with van der Waals surface area (Å²) in [6.07, 6.45) is -6.76. The number of hydrogen-bond donors (Lipinski definition) is 12. The molecule has 7 amide bonds.